The van der Waals surface area contributed by atoms with Gasteiger partial charge in [0.05, 0.1) is 0 Å². The number of aryl methyl sites for hydroxylation is 1. The molecule has 0 bridgehead atoms. The number of halogens is 1. The van der Waals surface area contributed by atoms with Crippen molar-refractivity contribution < 1.29 is 4.39 Å². The first-order valence-corrected chi connectivity index (χ1v) is 13.4. The molecule has 0 radical (unpaired) electrons. The van der Waals surface area contributed by atoms with Gasteiger partial charge in [-0.05, 0) is 94.5 Å². The van der Waals surface area contributed by atoms with Crippen molar-refractivity contribution in [3.63, 3.8) is 0 Å². The lowest BCUT2D eigenvalue weighted by molar-refractivity contribution is 0.630. The summed E-state index contributed by atoms with van der Waals surface area (Å²) in [5, 5.41) is 7.13. The molecule has 0 unspecified atom stereocenters. The van der Waals surface area contributed by atoms with Gasteiger partial charge in [0.15, 0.2) is 0 Å². The van der Waals surface area contributed by atoms with Gasteiger partial charge < -0.3 is 0 Å². The van der Waals surface area contributed by atoms with E-state index in [0.29, 0.717) is 0 Å². The van der Waals surface area contributed by atoms with Crippen LogP contribution in [0.5, 0.6) is 0 Å². The maximum absolute atomic E-state index is 13.7. The topological polar surface area (TPSA) is 0 Å². The zero-order chi connectivity index (χ0) is 22.4. The van der Waals surface area contributed by atoms with Crippen molar-refractivity contribution in [2.24, 2.45) is 0 Å². The van der Waals surface area contributed by atoms with E-state index in [2.05, 4.69) is 61.5 Å². The molecule has 6 aromatic rings. The molecule has 33 heavy (non-hydrogen) atoms. The van der Waals surface area contributed by atoms with Gasteiger partial charge in [0.1, 0.15) is 5.82 Å². The summed E-state index contributed by atoms with van der Waals surface area (Å²) in [5.74, 6) is -0.182. The molecular formula is C30H25FS2. The van der Waals surface area contributed by atoms with Crippen LogP contribution in [0, 0.1) is 5.82 Å². The van der Waals surface area contributed by atoms with Crippen LogP contribution in [0.1, 0.15) is 37.5 Å². The van der Waals surface area contributed by atoms with Crippen LogP contribution in [-0.4, -0.2) is 0 Å². The third kappa shape index (κ3) is 3.94. The Balaban J connectivity index is 1.38. The molecule has 0 fully saturated rings. The van der Waals surface area contributed by atoms with Crippen LogP contribution in [-0.2, 0) is 6.42 Å². The molecule has 4 aromatic carbocycles. The monoisotopic (exact) mass is 468 g/mol. The molecule has 0 aliphatic heterocycles. The summed E-state index contributed by atoms with van der Waals surface area (Å²) < 4.78 is 16.2. The largest absolute Gasteiger partial charge is 0.207 e. The summed E-state index contributed by atoms with van der Waals surface area (Å²) in [5.41, 5.74) is 1.30. The van der Waals surface area contributed by atoms with E-state index in [9.17, 15) is 4.39 Å². The molecule has 0 aliphatic rings. The molecule has 0 saturated carbocycles. The van der Waals surface area contributed by atoms with Crippen LogP contribution in [0.3, 0.4) is 0 Å². The van der Waals surface area contributed by atoms with Gasteiger partial charge in [0.2, 0.25) is 0 Å². The van der Waals surface area contributed by atoms with Gasteiger partial charge in [0.25, 0.3) is 0 Å². The maximum atomic E-state index is 13.7. The molecular weight excluding hydrogens is 443 g/mol. The van der Waals surface area contributed by atoms with Gasteiger partial charge in [-0.1, -0.05) is 44.4 Å². The summed E-state index contributed by atoms with van der Waals surface area (Å²) in [4.78, 5) is 2.84. The number of thiophene rings is 2. The first-order valence-electron chi connectivity index (χ1n) is 11.8. The Bertz CT molecular complexity index is 1620. The molecule has 164 valence electrons. The molecule has 2 heterocycles. The second kappa shape index (κ2) is 8.55. The number of benzene rings is 4. The third-order valence-corrected chi connectivity index (χ3v) is 8.88. The zero-order valence-electron chi connectivity index (χ0n) is 18.7. The highest BCUT2D eigenvalue weighted by Crippen LogP contribution is 2.40. The van der Waals surface area contributed by atoms with Gasteiger partial charge >= 0.3 is 0 Å². The quantitative estimate of drug-likeness (QED) is 0.213. The third-order valence-electron chi connectivity index (χ3n) is 6.57. The van der Waals surface area contributed by atoms with Gasteiger partial charge in [0, 0.05) is 29.9 Å². The minimum atomic E-state index is -0.182. The average molecular weight is 469 g/mol. The highest BCUT2D eigenvalue weighted by atomic mass is 32.1. The van der Waals surface area contributed by atoms with E-state index in [-0.39, 0.29) is 5.82 Å². The number of hydrogen-bond donors (Lipinski definition) is 0. The summed E-state index contributed by atoms with van der Waals surface area (Å²) in [6.07, 6.45) is 6.43. The standard InChI is InChI=1S/C30H25FS2/c1-2-3-4-5-6-25-11-12-28(32-25)21-8-7-19-15-26-27-16-20-9-10-24(31)14-23(20)18-30(27)33-29(26)17-22(19)13-21/h7-18H,2-6H2,1H3. The van der Waals surface area contributed by atoms with E-state index in [0.717, 1.165) is 10.8 Å². The molecule has 0 atom stereocenters. The van der Waals surface area contributed by atoms with E-state index in [1.807, 2.05) is 17.4 Å². The molecule has 0 nitrogen and oxygen atoms in total. The molecule has 0 spiro atoms. The molecule has 0 amide bonds. The smallest absolute Gasteiger partial charge is 0.123 e. The van der Waals surface area contributed by atoms with Crippen LogP contribution in [0.4, 0.5) is 4.39 Å². The molecule has 2 aromatic heterocycles. The van der Waals surface area contributed by atoms with Gasteiger partial charge in [-0.15, -0.1) is 22.7 Å². The second-order valence-corrected chi connectivity index (χ2v) is 11.2. The lowest BCUT2D eigenvalue weighted by atomic mass is 10.0. The Morgan fingerprint density at radius 2 is 1.36 bits per heavy atom. The predicted octanol–water partition coefficient (Wildman–Crippen LogP) is 10.4. The first kappa shape index (κ1) is 20.8. The average Bonchev–Trinajstić information content (AvgIpc) is 3.42. The minimum Gasteiger partial charge on any atom is -0.207 e. The number of rotatable bonds is 6. The summed E-state index contributed by atoms with van der Waals surface area (Å²) in [7, 11) is 0. The fourth-order valence-corrected chi connectivity index (χ4v) is 6.99. The summed E-state index contributed by atoms with van der Waals surface area (Å²) >= 11 is 3.73. The zero-order valence-corrected chi connectivity index (χ0v) is 20.3. The normalized spacial score (nSPS) is 11.9. The van der Waals surface area contributed by atoms with Crippen molar-refractivity contribution in [3.05, 3.63) is 83.5 Å². The Labute approximate surface area is 201 Å². The SMILES string of the molecule is CCCCCCc1ccc(-c2ccc3cc4c(cc3c2)sc2cc3cc(F)ccc3cc24)s1. The second-order valence-electron chi connectivity index (χ2n) is 8.93. The van der Waals surface area contributed by atoms with Crippen LogP contribution in [0.25, 0.3) is 52.2 Å². The summed E-state index contributed by atoms with van der Waals surface area (Å²) in [6, 6.07) is 25.4. The summed E-state index contributed by atoms with van der Waals surface area (Å²) in [6.45, 7) is 2.26. The van der Waals surface area contributed by atoms with Crippen LogP contribution >= 0.6 is 22.7 Å². The van der Waals surface area contributed by atoms with E-state index in [1.165, 1.54) is 78.4 Å². The number of fused-ring (bicyclic) bond motifs is 5. The maximum Gasteiger partial charge on any atom is 0.123 e. The van der Waals surface area contributed by atoms with Crippen LogP contribution in [0.2, 0.25) is 0 Å². The van der Waals surface area contributed by atoms with E-state index in [4.69, 9.17) is 0 Å². The Morgan fingerprint density at radius 1 is 0.636 bits per heavy atom. The van der Waals surface area contributed by atoms with E-state index in [1.54, 1.807) is 23.5 Å². The van der Waals surface area contributed by atoms with Crippen LogP contribution in [0.15, 0.2) is 72.8 Å². The molecule has 6 rings (SSSR count). The predicted molar refractivity (Wildman–Crippen MR) is 145 cm³/mol. The Kier molecular flexibility index (Phi) is 5.40. The Hall–Kier alpha value is -2.75. The highest BCUT2D eigenvalue weighted by Gasteiger charge is 2.10. The highest BCUT2D eigenvalue weighted by molar-refractivity contribution is 7.26. The van der Waals surface area contributed by atoms with Crippen LogP contribution < -0.4 is 0 Å². The number of unbranched alkanes of at least 4 members (excludes halogenated alkanes) is 3. The molecule has 0 saturated heterocycles. The van der Waals surface area contributed by atoms with Crippen molar-refractivity contribution in [1.29, 1.82) is 0 Å². The first-order chi connectivity index (χ1) is 16.2. The van der Waals surface area contributed by atoms with Crippen molar-refractivity contribution >= 4 is 64.4 Å². The van der Waals surface area contributed by atoms with E-state index >= 15 is 0 Å². The van der Waals surface area contributed by atoms with E-state index < -0.39 is 0 Å². The van der Waals surface area contributed by atoms with Gasteiger partial charge in [-0.2, -0.15) is 0 Å². The molecule has 3 heteroatoms. The lowest BCUT2D eigenvalue weighted by Crippen LogP contribution is -1.80. The van der Waals surface area contributed by atoms with Crippen molar-refractivity contribution in [1.82, 2.24) is 0 Å². The van der Waals surface area contributed by atoms with Gasteiger partial charge in [-0.25, -0.2) is 4.39 Å². The number of hydrogen-bond acceptors (Lipinski definition) is 2. The minimum absolute atomic E-state index is 0.182. The fourth-order valence-electron chi connectivity index (χ4n) is 4.78. The van der Waals surface area contributed by atoms with Crippen molar-refractivity contribution in [3.8, 4) is 10.4 Å². The van der Waals surface area contributed by atoms with Gasteiger partial charge in [-0.3, -0.25) is 0 Å². The fraction of sp³-hybridized carbons (Fsp3) is 0.200. The lowest BCUT2D eigenvalue weighted by Gasteiger charge is -2.03. The molecule has 0 N–H and O–H groups in total. The van der Waals surface area contributed by atoms with Crippen molar-refractivity contribution in [2.45, 2.75) is 39.0 Å². The molecule has 0 aliphatic carbocycles. The van der Waals surface area contributed by atoms with Crippen molar-refractivity contribution in [2.75, 3.05) is 0 Å². The Morgan fingerprint density at radius 3 is 2.12 bits per heavy atom.